The number of hydrogen-bond acceptors (Lipinski definition) is 2. The Bertz CT molecular complexity index is 694. The summed E-state index contributed by atoms with van der Waals surface area (Å²) >= 11 is 2.24. The van der Waals surface area contributed by atoms with E-state index in [1.54, 1.807) is 0 Å². The zero-order valence-corrected chi connectivity index (χ0v) is 13.4. The average molecular weight is 384 g/mol. The Kier molecular flexibility index (Phi) is 4.40. The van der Waals surface area contributed by atoms with Crippen molar-refractivity contribution in [2.75, 3.05) is 0 Å². The quantitative estimate of drug-likeness (QED) is 0.468. The summed E-state index contributed by atoms with van der Waals surface area (Å²) in [6.07, 6.45) is 1.83. The molecule has 0 radical (unpaired) electrons. The van der Waals surface area contributed by atoms with Gasteiger partial charge in [0.2, 0.25) is 0 Å². The first kappa shape index (κ1) is 13.9. The molecule has 21 heavy (non-hydrogen) atoms. The molecule has 3 heteroatoms. The van der Waals surface area contributed by atoms with E-state index in [9.17, 15) is 0 Å². The maximum absolute atomic E-state index is 4.74. The lowest BCUT2D eigenvalue weighted by molar-refractivity contribution is 1.26. The van der Waals surface area contributed by atoms with Crippen LogP contribution < -0.4 is 0 Å². The van der Waals surface area contributed by atoms with Crippen LogP contribution in [0.25, 0.3) is 0 Å². The zero-order chi connectivity index (χ0) is 14.5. The smallest absolute Gasteiger partial charge is 0.152 e. The lowest BCUT2D eigenvalue weighted by Gasteiger charge is -2.07. The largest absolute Gasteiger partial charge is 0.236 e. The van der Waals surface area contributed by atoms with Crippen LogP contribution in [0.3, 0.4) is 0 Å². The van der Waals surface area contributed by atoms with Crippen LogP contribution in [0.2, 0.25) is 0 Å². The Morgan fingerprint density at radius 3 is 1.81 bits per heavy atom. The highest BCUT2D eigenvalue weighted by molar-refractivity contribution is 14.1. The number of rotatable bonds is 3. The van der Waals surface area contributed by atoms with Crippen LogP contribution in [0.4, 0.5) is 5.82 Å². The molecule has 102 valence electrons. The van der Waals surface area contributed by atoms with Crippen molar-refractivity contribution in [1.29, 1.82) is 0 Å². The number of pyridine rings is 1. The van der Waals surface area contributed by atoms with E-state index in [1.807, 2.05) is 54.7 Å². The number of aromatic nitrogens is 1. The molecule has 0 amide bonds. The standard InChI is InChI=1S/C18H13IN2/c19-16-11-12-17(20-13-16)21-18(14-7-3-1-4-8-14)15-9-5-2-6-10-15/h1-13H. The van der Waals surface area contributed by atoms with Gasteiger partial charge in [-0.15, -0.1) is 0 Å². The summed E-state index contributed by atoms with van der Waals surface area (Å²) in [5, 5.41) is 0. The fourth-order valence-corrected chi connectivity index (χ4v) is 2.36. The third kappa shape index (κ3) is 3.55. The minimum absolute atomic E-state index is 0.720. The Balaban J connectivity index is 2.10. The second-order valence-electron chi connectivity index (χ2n) is 4.53. The van der Waals surface area contributed by atoms with E-state index >= 15 is 0 Å². The molecule has 0 bridgehead atoms. The summed E-state index contributed by atoms with van der Waals surface area (Å²) in [7, 11) is 0. The highest BCUT2D eigenvalue weighted by atomic mass is 127. The van der Waals surface area contributed by atoms with Crippen molar-refractivity contribution in [2.24, 2.45) is 4.99 Å². The SMILES string of the molecule is Ic1ccc(N=C(c2ccccc2)c2ccccc2)nc1. The van der Waals surface area contributed by atoms with Crippen molar-refractivity contribution in [3.05, 3.63) is 93.7 Å². The Morgan fingerprint density at radius 1 is 0.762 bits per heavy atom. The molecule has 0 spiro atoms. The average Bonchev–Trinajstić information content (AvgIpc) is 2.56. The lowest BCUT2D eigenvalue weighted by Crippen LogP contribution is -2.02. The Morgan fingerprint density at radius 2 is 1.33 bits per heavy atom. The highest BCUT2D eigenvalue weighted by Crippen LogP contribution is 2.17. The molecule has 2 aromatic carbocycles. The molecular formula is C18H13IN2. The molecule has 1 heterocycles. The van der Waals surface area contributed by atoms with E-state index in [1.165, 1.54) is 0 Å². The molecule has 0 fully saturated rings. The van der Waals surface area contributed by atoms with Crippen molar-refractivity contribution in [1.82, 2.24) is 4.98 Å². The monoisotopic (exact) mass is 384 g/mol. The Hall–Kier alpha value is -2.01. The van der Waals surface area contributed by atoms with Crippen molar-refractivity contribution >= 4 is 34.1 Å². The maximum atomic E-state index is 4.74. The van der Waals surface area contributed by atoms with Gasteiger partial charge in [0.15, 0.2) is 5.82 Å². The fraction of sp³-hybridized carbons (Fsp3) is 0. The number of hydrogen-bond donors (Lipinski definition) is 0. The summed E-state index contributed by atoms with van der Waals surface area (Å²) in [5.41, 5.74) is 3.11. The van der Waals surface area contributed by atoms with Crippen LogP contribution >= 0.6 is 22.6 Å². The fourth-order valence-electron chi connectivity index (χ4n) is 2.04. The molecule has 0 aliphatic heterocycles. The van der Waals surface area contributed by atoms with E-state index in [4.69, 9.17) is 4.99 Å². The van der Waals surface area contributed by atoms with Gasteiger partial charge >= 0.3 is 0 Å². The van der Waals surface area contributed by atoms with Crippen LogP contribution in [0.1, 0.15) is 11.1 Å². The highest BCUT2D eigenvalue weighted by Gasteiger charge is 2.06. The van der Waals surface area contributed by atoms with Crippen LogP contribution in [-0.2, 0) is 0 Å². The van der Waals surface area contributed by atoms with Gasteiger partial charge in [-0.05, 0) is 34.7 Å². The van der Waals surface area contributed by atoms with Gasteiger partial charge in [0.1, 0.15) is 0 Å². The molecule has 0 N–H and O–H groups in total. The third-order valence-electron chi connectivity index (χ3n) is 3.03. The van der Waals surface area contributed by atoms with Gasteiger partial charge in [-0.25, -0.2) is 9.98 Å². The van der Waals surface area contributed by atoms with Crippen molar-refractivity contribution in [3.8, 4) is 0 Å². The van der Waals surface area contributed by atoms with E-state index < -0.39 is 0 Å². The van der Waals surface area contributed by atoms with Gasteiger partial charge < -0.3 is 0 Å². The number of benzene rings is 2. The number of aliphatic imine (C=N–C) groups is 1. The van der Waals surface area contributed by atoms with Gasteiger partial charge in [0.05, 0.1) is 5.71 Å². The first-order chi connectivity index (χ1) is 10.3. The zero-order valence-electron chi connectivity index (χ0n) is 11.3. The molecule has 0 aliphatic rings. The van der Waals surface area contributed by atoms with Crippen LogP contribution in [-0.4, -0.2) is 10.7 Å². The van der Waals surface area contributed by atoms with Gasteiger partial charge in [-0.3, -0.25) is 0 Å². The van der Waals surface area contributed by atoms with Gasteiger partial charge in [0.25, 0.3) is 0 Å². The summed E-state index contributed by atoms with van der Waals surface area (Å²) < 4.78 is 1.10. The van der Waals surface area contributed by atoms with E-state index in [0.29, 0.717) is 0 Å². The third-order valence-corrected chi connectivity index (χ3v) is 3.67. The summed E-state index contributed by atoms with van der Waals surface area (Å²) in [5.74, 6) is 0.720. The molecular weight excluding hydrogens is 371 g/mol. The minimum Gasteiger partial charge on any atom is -0.236 e. The molecule has 0 unspecified atom stereocenters. The van der Waals surface area contributed by atoms with Gasteiger partial charge in [-0.2, -0.15) is 0 Å². The Labute approximate surface area is 137 Å². The van der Waals surface area contributed by atoms with E-state index in [0.717, 1.165) is 26.2 Å². The van der Waals surface area contributed by atoms with E-state index in [2.05, 4.69) is 51.8 Å². The van der Waals surface area contributed by atoms with Crippen molar-refractivity contribution in [2.45, 2.75) is 0 Å². The number of halogens is 1. The van der Waals surface area contributed by atoms with Gasteiger partial charge in [0, 0.05) is 20.9 Å². The predicted octanol–water partition coefficient (Wildman–Crippen LogP) is 4.86. The normalized spacial score (nSPS) is 10.1. The summed E-state index contributed by atoms with van der Waals surface area (Å²) in [6, 6.07) is 24.3. The molecule has 2 nitrogen and oxygen atoms in total. The maximum Gasteiger partial charge on any atom is 0.152 e. The summed E-state index contributed by atoms with van der Waals surface area (Å²) in [6.45, 7) is 0. The molecule has 0 aliphatic carbocycles. The molecule has 1 aromatic heterocycles. The predicted molar refractivity (Wildman–Crippen MR) is 95.1 cm³/mol. The molecule has 0 saturated heterocycles. The molecule has 0 atom stereocenters. The summed E-state index contributed by atoms with van der Waals surface area (Å²) in [4.78, 5) is 9.12. The lowest BCUT2D eigenvalue weighted by atomic mass is 10.0. The van der Waals surface area contributed by atoms with Crippen LogP contribution in [0, 0.1) is 3.57 Å². The first-order valence-electron chi connectivity index (χ1n) is 6.64. The van der Waals surface area contributed by atoms with E-state index in [-0.39, 0.29) is 0 Å². The van der Waals surface area contributed by atoms with Crippen LogP contribution in [0.15, 0.2) is 84.0 Å². The van der Waals surface area contributed by atoms with Gasteiger partial charge in [-0.1, -0.05) is 60.7 Å². The second-order valence-corrected chi connectivity index (χ2v) is 5.77. The topological polar surface area (TPSA) is 25.2 Å². The molecule has 0 saturated carbocycles. The molecule has 3 aromatic rings. The first-order valence-corrected chi connectivity index (χ1v) is 7.72. The van der Waals surface area contributed by atoms with Crippen molar-refractivity contribution < 1.29 is 0 Å². The minimum atomic E-state index is 0.720. The molecule has 3 rings (SSSR count). The van der Waals surface area contributed by atoms with Crippen LogP contribution in [0.5, 0.6) is 0 Å². The van der Waals surface area contributed by atoms with Crippen molar-refractivity contribution in [3.63, 3.8) is 0 Å². The second kappa shape index (κ2) is 6.63. The number of nitrogens with zero attached hydrogens (tertiary/aromatic N) is 2.